The van der Waals surface area contributed by atoms with Crippen LogP contribution in [0.3, 0.4) is 0 Å². The van der Waals surface area contributed by atoms with Crippen LogP contribution in [0.4, 0.5) is 16.2 Å². The number of halogens is 1. The molecule has 2 aromatic heterocycles. The molecule has 0 aromatic carbocycles. The van der Waals surface area contributed by atoms with Gasteiger partial charge in [-0.3, -0.25) is 0 Å². The predicted molar refractivity (Wildman–Crippen MR) is 105 cm³/mol. The molecule has 1 unspecified atom stereocenters. The summed E-state index contributed by atoms with van der Waals surface area (Å²) in [4.78, 5) is 31.2. The van der Waals surface area contributed by atoms with Crippen molar-refractivity contribution in [1.29, 1.82) is 0 Å². The number of aliphatic hydroxyl groups excluding tert-OH is 1. The molecule has 0 amide bonds. The Labute approximate surface area is 166 Å². The van der Waals surface area contributed by atoms with Gasteiger partial charge in [-0.15, -0.1) is 0 Å². The minimum atomic E-state index is -1.26. The molecule has 2 heterocycles. The fraction of sp³-hybridized carbons (Fsp3) is 0.389. The van der Waals surface area contributed by atoms with E-state index in [0.717, 1.165) is 25.5 Å². The Morgan fingerprint density at radius 2 is 1.90 bits per heavy atom. The fourth-order valence-electron chi connectivity index (χ4n) is 2.28. The highest BCUT2D eigenvalue weighted by Gasteiger charge is 2.24. The van der Waals surface area contributed by atoms with Gasteiger partial charge in [0.05, 0.1) is 23.9 Å². The average Bonchev–Trinajstić information content (AvgIpc) is 2.64. The van der Waals surface area contributed by atoms with Crippen LogP contribution in [0.25, 0.3) is 11.0 Å². The van der Waals surface area contributed by atoms with Crippen LogP contribution in [-0.2, 0) is 9.59 Å². The molecule has 2 aromatic rings. The van der Waals surface area contributed by atoms with E-state index in [1.165, 1.54) is 6.07 Å². The largest absolute Gasteiger partial charge is 0.478 e. The number of rotatable bonds is 8. The van der Waals surface area contributed by atoms with Crippen molar-refractivity contribution in [2.75, 3.05) is 17.7 Å². The van der Waals surface area contributed by atoms with E-state index in [-0.39, 0.29) is 12.6 Å². The number of carboxylic acids is 2. The zero-order valence-electron chi connectivity index (χ0n) is 16.1. The molecule has 0 radical (unpaired) electrons. The number of pyridine rings is 1. The molecule has 11 heteroatoms. The topological polar surface area (TPSA) is 172 Å². The molecule has 158 valence electrons. The summed E-state index contributed by atoms with van der Waals surface area (Å²) in [7, 11) is 0. The summed E-state index contributed by atoms with van der Waals surface area (Å²) in [5.41, 5.74) is 5.88. The highest BCUT2D eigenvalue weighted by atomic mass is 19.1. The Hall–Kier alpha value is -3.34. The monoisotopic (exact) mass is 409 g/mol. The van der Waals surface area contributed by atoms with Gasteiger partial charge in [-0.2, -0.15) is 4.98 Å². The Bertz CT molecular complexity index is 871. The zero-order valence-corrected chi connectivity index (χ0v) is 16.1. The Morgan fingerprint density at radius 1 is 1.28 bits per heavy atom. The van der Waals surface area contributed by atoms with Gasteiger partial charge in [0.15, 0.2) is 5.82 Å². The molecule has 0 aliphatic heterocycles. The minimum Gasteiger partial charge on any atom is -0.478 e. The van der Waals surface area contributed by atoms with E-state index in [1.807, 2.05) is 6.92 Å². The summed E-state index contributed by atoms with van der Waals surface area (Å²) < 4.78 is 13.2. The summed E-state index contributed by atoms with van der Waals surface area (Å²) >= 11 is 0. The van der Waals surface area contributed by atoms with Crippen molar-refractivity contribution < 1.29 is 29.3 Å². The lowest BCUT2D eigenvalue weighted by atomic mass is 9.96. The smallest absolute Gasteiger partial charge is 0.328 e. The molecule has 10 nitrogen and oxygen atoms in total. The Kier molecular flexibility index (Phi) is 8.87. The molecular formula is C18H24FN5O5. The SMILES string of the molecule is CCCCC(C)(CO)Nc1nc(N)nc2cc(F)cnc12.O=C(O)/C=C/C(=O)O. The average molecular weight is 409 g/mol. The van der Waals surface area contributed by atoms with Crippen LogP contribution < -0.4 is 11.1 Å². The van der Waals surface area contributed by atoms with E-state index >= 15 is 0 Å². The van der Waals surface area contributed by atoms with Gasteiger partial charge < -0.3 is 26.4 Å². The summed E-state index contributed by atoms with van der Waals surface area (Å²) in [6.45, 7) is 3.93. The van der Waals surface area contributed by atoms with Gasteiger partial charge >= 0.3 is 11.9 Å². The van der Waals surface area contributed by atoms with Crippen LogP contribution in [0.5, 0.6) is 0 Å². The van der Waals surface area contributed by atoms with Gasteiger partial charge in [-0.05, 0) is 13.3 Å². The number of hydrogen-bond acceptors (Lipinski definition) is 8. The summed E-state index contributed by atoms with van der Waals surface area (Å²) in [6, 6.07) is 1.26. The predicted octanol–water partition coefficient (Wildman–Crippen LogP) is 1.81. The maximum Gasteiger partial charge on any atom is 0.328 e. The number of nitrogens with two attached hydrogens (primary N) is 1. The van der Waals surface area contributed by atoms with E-state index in [9.17, 15) is 19.1 Å². The van der Waals surface area contributed by atoms with Gasteiger partial charge in [0.1, 0.15) is 11.3 Å². The van der Waals surface area contributed by atoms with Gasteiger partial charge in [0, 0.05) is 18.2 Å². The summed E-state index contributed by atoms with van der Waals surface area (Å²) in [6.07, 6.45) is 4.98. The number of nitrogens with one attached hydrogen (secondary N) is 1. The maximum atomic E-state index is 13.2. The van der Waals surface area contributed by atoms with Crippen molar-refractivity contribution in [2.45, 2.75) is 38.6 Å². The quantitative estimate of drug-likeness (QED) is 0.405. The third kappa shape index (κ3) is 8.05. The first-order valence-electron chi connectivity index (χ1n) is 8.72. The number of aliphatic carboxylic acids is 2. The van der Waals surface area contributed by atoms with Crippen molar-refractivity contribution in [2.24, 2.45) is 0 Å². The molecule has 1 atom stereocenters. The first-order chi connectivity index (χ1) is 13.6. The van der Waals surface area contributed by atoms with Gasteiger partial charge in [0.25, 0.3) is 0 Å². The first-order valence-corrected chi connectivity index (χ1v) is 8.72. The number of fused-ring (bicyclic) bond motifs is 1. The second-order valence-electron chi connectivity index (χ2n) is 6.41. The second-order valence-corrected chi connectivity index (χ2v) is 6.41. The molecule has 0 aliphatic rings. The number of nitrogen functional groups attached to an aromatic ring is 1. The number of hydrogen-bond donors (Lipinski definition) is 5. The number of carbonyl (C=O) groups is 2. The number of unbranched alkanes of at least 4 members (excludes halogenated alkanes) is 1. The lowest BCUT2D eigenvalue weighted by Crippen LogP contribution is -2.39. The fourth-order valence-corrected chi connectivity index (χ4v) is 2.28. The molecule has 0 bridgehead atoms. The van der Waals surface area contributed by atoms with Crippen molar-refractivity contribution >= 4 is 34.7 Å². The molecule has 0 fully saturated rings. The Morgan fingerprint density at radius 3 is 2.41 bits per heavy atom. The van der Waals surface area contributed by atoms with Crippen molar-refractivity contribution in [1.82, 2.24) is 15.0 Å². The number of aromatic nitrogens is 3. The third-order valence-corrected chi connectivity index (χ3v) is 3.74. The lowest BCUT2D eigenvalue weighted by Gasteiger charge is -2.29. The third-order valence-electron chi connectivity index (χ3n) is 3.74. The van der Waals surface area contributed by atoms with E-state index in [1.54, 1.807) is 0 Å². The van der Waals surface area contributed by atoms with Crippen LogP contribution in [-0.4, -0.2) is 54.4 Å². The Balaban J connectivity index is 0.000000447. The van der Waals surface area contributed by atoms with Crippen molar-refractivity contribution in [3.05, 3.63) is 30.2 Å². The van der Waals surface area contributed by atoms with E-state index in [2.05, 4.69) is 27.2 Å². The van der Waals surface area contributed by atoms with Crippen LogP contribution in [0.2, 0.25) is 0 Å². The summed E-state index contributed by atoms with van der Waals surface area (Å²) in [5.74, 6) is -2.56. The summed E-state index contributed by atoms with van der Waals surface area (Å²) in [5, 5.41) is 28.4. The lowest BCUT2D eigenvalue weighted by molar-refractivity contribution is -0.134. The molecular weight excluding hydrogens is 385 g/mol. The molecule has 0 spiro atoms. The van der Waals surface area contributed by atoms with E-state index < -0.39 is 23.3 Å². The van der Waals surface area contributed by atoms with Crippen LogP contribution in [0.15, 0.2) is 24.4 Å². The van der Waals surface area contributed by atoms with Gasteiger partial charge in [-0.1, -0.05) is 19.8 Å². The molecule has 0 aliphatic carbocycles. The van der Waals surface area contributed by atoms with Crippen LogP contribution in [0, 0.1) is 5.82 Å². The highest BCUT2D eigenvalue weighted by Crippen LogP contribution is 2.25. The molecule has 29 heavy (non-hydrogen) atoms. The normalized spacial score (nSPS) is 12.8. The second kappa shape index (κ2) is 10.9. The standard InChI is InChI=1S/C14H20FN5O.C4H4O4/c1-3-4-5-14(2,8-21)20-12-11-10(18-13(16)19-12)6-9(15)7-17-11;5-3(6)1-2-4(7)8/h6-7,21H,3-5,8H2,1-2H3,(H3,16,18,19,20);1-2H,(H,5,6)(H,7,8)/b;2-1+. The molecule has 2 rings (SSSR count). The van der Waals surface area contributed by atoms with E-state index in [0.29, 0.717) is 29.0 Å². The van der Waals surface area contributed by atoms with Crippen LogP contribution >= 0.6 is 0 Å². The number of aliphatic hydroxyl groups is 1. The number of anilines is 2. The van der Waals surface area contributed by atoms with Gasteiger partial charge in [0.2, 0.25) is 5.95 Å². The first kappa shape index (κ1) is 23.7. The highest BCUT2D eigenvalue weighted by molar-refractivity contribution is 5.89. The maximum absolute atomic E-state index is 13.2. The molecule has 0 saturated heterocycles. The van der Waals surface area contributed by atoms with Crippen LogP contribution in [0.1, 0.15) is 33.1 Å². The van der Waals surface area contributed by atoms with E-state index in [4.69, 9.17) is 15.9 Å². The molecule has 0 saturated carbocycles. The molecule has 6 N–H and O–H groups in total. The minimum absolute atomic E-state index is 0.0354. The number of carboxylic acid groups (broad SMARTS) is 2. The zero-order chi connectivity index (χ0) is 22.0. The number of nitrogens with zero attached hydrogens (tertiary/aromatic N) is 3. The van der Waals surface area contributed by atoms with Crippen molar-refractivity contribution in [3.63, 3.8) is 0 Å². The van der Waals surface area contributed by atoms with Crippen molar-refractivity contribution in [3.8, 4) is 0 Å². The van der Waals surface area contributed by atoms with Gasteiger partial charge in [-0.25, -0.2) is 23.9 Å².